The van der Waals surface area contributed by atoms with Crippen molar-refractivity contribution in [2.24, 2.45) is 0 Å². The first-order chi connectivity index (χ1) is 8.31. The van der Waals surface area contributed by atoms with Crippen molar-refractivity contribution < 1.29 is 8.42 Å². The minimum atomic E-state index is -3.02. The molecule has 0 fully saturated rings. The van der Waals surface area contributed by atoms with Crippen molar-refractivity contribution in [2.75, 3.05) is 5.75 Å². The Morgan fingerprint density at radius 2 is 2.00 bits per heavy atom. The van der Waals surface area contributed by atoms with Crippen LogP contribution in [0.3, 0.4) is 0 Å². The monoisotopic (exact) mass is 274 g/mol. The Morgan fingerprint density at radius 3 is 2.56 bits per heavy atom. The third-order valence-electron chi connectivity index (χ3n) is 2.60. The number of nitrogens with zero attached hydrogens (tertiary/aromatic N) is 3. The molecule has 1 aromatic heterocycles. The summed E-state index contributed by atoms with van der Waals surface area (Å²) in [6, 6.07) is 0.386. The van der Waals surface area contributed by atoms with Gasteiger partial charge in [0.1, 0.15) is 0 Å². The molecular formula is C11H22N4O2S. The van der Waals surface area contributed by atoms with Gasteiger partial charge in [0.05, 0.1) is 23.2 Å². The number of aryl methyl sites for hydroxylation is 1. The van der Waals surface area contributed by atoms with Gasteiger partial charge in [0, 0.05) is 18.8 Å². The molecular weight excluding hydrogens is 252 g/mol. The van der Waals surface area contributed by atoms with Gasteiger partial charge >= 0.3 is 0 Å². The molecule has 0 amide bonds. The highest BCUT2D eigenvalue weighted by molar-refractivity contribution is 7.91. The molecule has 0 saturated carbocycles. The lowest BCUT2D eigenvalue weighted by molar-refractivity contribution is 0.567. The van der Waals surface area contributed by atoms with Gasteiger partial charge in [-0.25, -0.2) is 8.42 Å². The third-order valence-corrected chi connectivity index (χ3v) is 4.79. The number of rotatable bonds is 7. The molecule has 18 heavy (non-hydrogen) atoms. The second-order valence-corrected chi connectivity index (χ2v) is 7.60. The number of sulfone groups is 1. The molecule has 0 aliphatic carbocycles. The van der Waals surface area contributed by atoms with Crippen LogP contribution in [-0.2, 0) is 22.9 Å². The average molecular weight is 274 g/mol. The van der Waals surface area contributed by atoms with E-state index in [2.05, 4.69) is 29.5 Å². The molecule has 0 aliphatic rings. The molecule has 0 unspecified atom stereocenters. The standard InChI is InChI=1S/C11H22N4O2S/c1-9(2)12-7-11-8-15(14-13-11)5-6-18(16,17)10(3)4/h8-10,12H,5-7H2,1-4H3. The summed E-state index contributed by atoms with van der Waals surface area (Å²) < 4.78 is 24.9. The van der Waals surface area contributed by atoms with Crippen LogP contribution in [0.15, 0.2) is 6.20 Å². The van der Waals surface area contributed by atoms with E-state index in [0.717, 1.165) is 5.69 Å². The van der Waals surface area contributed by atoms with E-state index in [4.69, 9.17) is 0 Å². The van der Waals surface area contributed by atoms with E-state index in [9.17, 15) is 8.42 Å². The van der Waals surface area contributed by atoms with Crippen molar-refractivity contribution >= 4 is 9.84 Å². The quantitative estimate of drug-likeness (QED) is 0.788. The molecule has 0 atom stereocenters. The fourth-order valence-corrected chi connectivity index (χ4v) is 2.21. The Morgan fingerprint density at radius 1 is 1.33 bits per heavy atom. The van der Waals surface area contributed by atoms with E-state index in [-0.39, 0.29) is 11.0 Å². The number of hydrogen-bond donors (Lipinski definition) is 1. The normalized spacial score (nSPS) is 12.6. The molecule has 1 rings (SSSR count). The summed E-state index contributed by atoms with van der Waals surface area (Å²) in [4.78, 5) is 0. The van der Waals surface area contributed by atoms with Crippen LogP contribution in [0.5, 0.6) is 0 Å². The van der Waals surface area contributed by atoms with Crippen LogP contribution in [0, 0.1) is 0 Å². The van der Waals surface area contributed by atoms with E-state index in [1.165, 1.54) is 0 Å². The predicted molar refractivity (Wildman–Crippen MR) is 70.9 cm³/mol. The van der Waals surface area contributed by atoms with Crippen molar-refractivity contribution in [2.45, 2.75) is 52.1 Å². The maximum Gasteiger partial charge on any atom is 0.154 e. The van der Waals surface area contributed by atoms with Crippen LogP contribution >= 0.6 is 0 Å². The van der Waals surface area contributed by atoms with E-state index >= 15 is 0 Å². The summed E-state index contributed by atoms with van der Waals surface area (Å²) in [5, 5.41) is 10.8. The van der Waals surface area contributed by atoms with Gasteiger partial charge in [0.15, 0.2) is 9.84 Å². The molecule has 0 saturated heterocycles. The van der Waals surface area contributed by atoms with Gasteiger partial charge in [0.2, 0.25) is 0 Å². The van der Waals surface area contributed by atoms with E-state index in [1.54, 1.807) is 24.7 Å². The van der Waals surface area contributed by atoms with Crippen LogP contribution in [0.4, 0.5) is 0 Å². The van der Waals surface area contributed by atoms with Crippen LogP contribution in [0.1, 0.15) is 33.4 Å². The van der Waals surface area contributed by atoms with Gasteiger partial charge in [-0.15, -0.1) is 5.10 Å². The maximum atomic E-state index is 11.7. The lowest BCUT2D eigenvalue weighted by Gasteiger charge is -2.06. The average Bonchev–Trinajstić information content (AvgIpc) is 2.71. The van der Waals surface area contributed by atoms with Gasteiger partial charge in [0.25, 0.3) is 0 Å². The lowest BCUT2D eigenvalue weighted by atomic mass is 10.3. The summed E-state index contributed by atoms with van der Waals surface area (Å²) in [5.74, 6) is 0.102. The first-order valence-corrected chi connectivity index (χ1v) is 7.87. The largest absolute Gasteiger partial charge is 0.309 e. The van der Waals surface area contributed by atoms with E-state index in [1.807, 2.05) is 0 Å². The fraction of sp³-hybridized carbons (Fsp3) is 0.818. The minimum Gasteiger partial charge on any atom is -0.309 e. The molecule has 1 N–H and O–H groups in total. The minimum absolute atomic E-state index is 0.102. The zero-order valence-electron chi connectivity index (χ0n) is 11.4. The molecule has 1 heterocycles. The summed E-state index contributed by atoms with van der Waals surface area (Å²) in [6.07, 6.45) is 1.78. The van der Waals surface area contributed by atoms with Crippen LogP contribution < -0.4 is 5.32 Å². The van der Waals surface area contributed by atoms with E-state index < -0.39 is 9.84 Å². The van der Waals surface area contributed by atoms with Crippen molar-refractivity contribution in [1.29, 1.82) is 0 Å². The topological polar surface area (TPSA) is 76.9 Å². The number of nitrogens with one attached hydrogen (secondary N) is 1. The smallest absolute Gasteiger partial charge is 0.154 e. The molecule has 104 valence electrons. The Hall–Kier alpha value is -0.950. The van der Waals surface area contributed by atoms with Crippen LogP contribution in [0.2, 0.25) is 0 Å². The molecule has 0 radical (unpaired) electrons. The Bertz CT molecular complexity index is 465. The van der Waals surface area contributed by atoms with E-state index in [0.29, 0.717) is 19.1 Å². The highest BCUT2D eigenvalue weighted by Gasteiger charge is 2.16. The van der Waals surface area contributed by atoms with Crippen molar-refractivity contribution in [3.63, 3.8) is 0 Å². The highest BCUT2D eigenvalue weighted by atomic mass is 32.2. The van der Waals surface area contributed by atoms with Crippen molar-refractivity contribution in [3.8, 4) is 0 Å². The summed E-state index contributed by atoms with van der Waals surface area (Å²) in [5.41, 5.74) is 0.825. The van der Waals surface area contributed by atoms with Gasteiger partial charge in [-0.3, -0.25) is 4.68 Å². The first kappa shape index (κ1) is 15.1. The molecule has 1 aromatic rings. The molecule has 0 bridgehead atoms. The van der Waals surface area contributed by atoms with Gasteiger partial charge in [-0.1, -0.05) is 19.1 Å². The first-order valence-electron chi connectivity index (χ1n) is 6.15. The zero-order chi connectivity index (χ0) is 13.8. The molecule has 0 aliphatic heterocycles. The van der Waals surface area contributed by atoms with Gasteiger partial charge in [-0.2, -0.15) is 0 Å². The fourth-order valence-electron chi connectivity index (χ4n) is 1.29. The number of hydrogen-bond acceptors (Lipinski definition) is 5. The zero-order valence-corrected chi connectivity index (χ0v) is 12.2. The predicted octanol–water partition coefficient (Wildman–Crippen LogP) is 0.599. The lowest BCUT2D eigenvalue weighted by Crippen LogP contribution is -2.22. The van der Waals surface area contributed by atoms with Gasteiger partial charge in [-0.05, 0) is 13.8 Å². The maximum absolute atomic E-state index is 11.7. The summed E-state index contributed by atoms with van der Waals surface area (Å²) >= 11 is 0. The molecule has 7 heteroatoms. The molecule has 0 spiro atoms. The summed E-state index contributed by atoms with van der Waals surface area (Å²) in [6.45, 7) is 8.49. The van der Waals surface area contributed by atoms with Crippen molar-refractivity contribution in [3.05, 3.63) is 11.9 Å². The summed E-state index contributed by atoms with van der Waals surface area (Å²) in [7, 11) is -3.02. The molecule has 6 nitrogen and oxygen atoms in total. The third kappa shape index (κ3) is 4.73. The second-order valence-electron chi connectivity index (χ2n) is 4.92. The van der Waals surface area contributed by atoms with Crippen LogP contribution in [0.25, 0.3) is 0 Å². The number of aromatic nitrogens is 3. The van der Waals surface area contributed by atoms with Crippen LogP contribution in [-0.4, -0.2) is 40.5 Å². The molecule has 0 aromatic carbocycles. The Kier molecular flexibility index (Phi) is 5.28. The Labute approximate surface area is 109 Å². The highest BCUT2D eigenvalue weighted by Crippen LogP contribution is 2.02. The van der Waals surface area contributed by atoms with Gasteiger partial charge < -0.3 is 5.32 Å². The van der Waals surface area contributed by atoms with Crippen molar-refractivity contribution in [1.82, 2.24) is 20.3 Å². The Balaban J connectivity index is 2.50. The second kappa shape index (κ2) is 6.29. The SMILES string of the molecule is CC(C)NCc1cn(CCS(=O)(=O)C(C)C)nn1.